The molecule has 1 unspecified atom stereocenters. The van der Waals surface area contributed by atoms with Gasteiger partial charge in [0.05, 0.1) is 18.1 Å². The summed E-state index contributed by atoms with van der Waals surface area (Å²) in [4.78, 5) is 14.1. The van der Waals surface area contributed by atoms with Crippen LogP contribution in [0.15, 0.2) is 18.2 Å². The summed E-state index contributed by atoms with van der Waals surface area (Å²) in [6.45, 7) is 1.62. The zero-order valence-electron chi connectivity index (χ0n) is 11.9. The average molecular weight is 331 g/mol. The predicted octanol–water partition coefficient (Wildman–Crippen LogP) is 3.10. The number of hydrogen-bond acceptors (Lipinski definition) is 3. The van der Waals surface area contributed by atoms with Gasteiger partial charge in [-0.2, -0.15) is 0 Å². The number of piperidine rings is 1. The highest BCUT2D eigenvalue weighted by molar-refractivity contribution is 6.35. The van der Waals surface area contributed by atoms with Crippen molar-refractivity contribution in [2.24, 2.45) is 5.73 Å². The van der Waals surface area contributed by atoms with Crippen LogP contribution in [0.3, 0.4) is 0 Å². The summed E-state index contributed by atoms with van der Waals surface area (Å²) < 4.78 is 5.55. The Morgan fingerprint density at radius 1 is 1.38 bits per heavy atom. The SMILES string of the molecule is NCC1CCCCN1C(=O)CCOc1ccc(Cl)cc1Cl. The molecule has 21 heavy (non-hydrogen) atoms. The molecule has 0 saturated carbocycles. The summed E-state index contributed by atoms with van der Waals surface area (Å²) in [5, 5.41) is 1.01. The number of rotatable bonds is 5. The number of carbonyl (C=O) groups is 1. The minimum Gasteiger partial charge on any atom is -0.491 e. The lowest BCUT2D eigenvalue weighted by Gasteiger charge is -2.35. The second-order valence-electron chi connectivity index (χ2n) is 5.15. The van der Waals surface area contributed by atoms with Crippen molar-refractivity contribution in [1.82, 2.24) is 4.90 Å². The summed E-state index contributed by atoms with van der Waals surface area (Å²) in [5.74, 6) is 0.637. The Balaban J connectivity index is 1.83. The second-order valence-corrected chi connectivity index (χ2v) is 5.99. The molecule has 1 atom stereocenters. The lowest BCUT2D eigenvalue weighted by molar-refractivity contribution is -0.135. The molecule has 116 valence electrons. The van der Waals surface area contributed by atoms with Crippen molar-refractivity contribution in [2.45, 2.75) is 31.7 Å². The molecule has 1 amide bonds. The van der Waals surface area contributed by atoms with Gasteiger partial charge in [0.2, 0.25) is 5.91 Å². The summed E-state index contributed by atoms with van der Waals surface area (Å²) >= 11 is 11.8. The van der Waals surface area contributed by atoms with Crippen molar-refractivity contribution in [1.29, 1.82) is 0 Å². The minimum atomic E-state index is 0.0928. The molecule has 0 radical (unpaired) electrons. The Morgan fingerprint density at radius 2 is 2.19 bits per heavy atom. The van der Waals surface area contributed by atoms with Crippen LogP contribution in [0.4, 0.5) is 0 Å². The number of nitrogens with two attached hydrogens (primary N) is 1. The first-order valence-electron chi connectivity index (χ1n) is 7.19. The molecule has 2 rings (SSSR count). The van der Waals surface area contributed by atoms with Gasteiger partial charge in [0, 0.05) is 24.2 Å². The number of ether oxygens (including phenoxy) is 1. The maximum absolute atomic E-state index is 12.2. The molecule has 0 bridgehead atoms. The number of likely N-dealkylation sites (tertiary alicyclic amines) is 1. The predicted molar refractivity (Wildman–Crippen MR) is 85.0 cm³/mol. The fourth-order valence-electron chi connectivity index (χ4n) is 2.56. The van der Waals surface area contributed by atoms with Gasteiger partial charge in [0.1, 0.15) is 5.75 Å². The van der Waals surface area contributed by atoms with E-state index in [9.17, 15) is 4.79 Å². The lowest BCUT2D eigenvalue weighted by atomic mass is 10.0. The fourth-order valence-corrected chi connectivity index (χ4v) is 3.02. The molecule has 0 spiro atoms. The zero-order valence-corrected chi connectivity index (χ0v) is 13.4. The number of hydrogen-bond donors (Lipinski definition) is 1. The Bertz CT molecular complexity index is 497. The molecular formula is C15H20Cl2N2O2. The molecule has 1 saturated heterocycles. The van der Waals surface area contributed by atoms with Gasteiger partial charge < -0.3 is 15.4 Å². The summed E-state index contributed by atoms with van der Waals surface area (Å²) in [6.07, 6.45) is 3.51. The van der Waals surface area contributed by atoms with Crippen LogP contribution in [0.5, 0.6) is 5.75 Å². The Hall–Kier alpha value is -0.970. The molecule has 6 heteroatoms. The molecule has 1 aliphatic heterocycles. The van der Waals surface area contributed by atoms with Crippen LogP contribution in [0.2, 0.25) is 10.0 Å². The van der Waals surface area contributed by atoms with Gasteiger partial charge in [-0.1, -0.05) is 23.2 Å². The van der Waals surface area contributed by atoms with Crippen LogP contribution in [-0.4, -0.2) is 36.5 Å². The summed E-state index contributed by atoms with van der Waals surface area (Å²) in [7, 11) is 0. The fraction of sp³-hybridized carbons (Fsp3) is 0.533. The van der Waals surface area contributed by atoms with Crippen molar-refractivity contribution in [3.05, 3.63) is 28.2 Å². The highest BCUT2D eigenvalue weighted by atomic mass is 35.5. The monoisotopic (exact) mass is 330 g/mol. The van der Waals surface area contributed by atoms with Crippen LogP contribution >= 0.6 is 23.2 Å². The van der Waals surface area contributed by atoms with Crippen LogP contribution in [-0.2, 0) is 4.79 Å². The van der Waals surface area contributed by atoms with Gasteiger partial charge in [-0.15, -0.1) is 0 Å². The first-order chi connectivity index (χ1) is 10.1. The topological polar surface area (TPSA) is 55.6 Å². The zero-order chi connectivity index (χ0) is 15.2. The maximum Gasteiger partial charge on any atom is 0.226 e. The van der Waals surface area contributed by atoms with E-state index < -0.39 is 0 Å². The van der Waals surface area contributed by atoms with Crippen LogP contribution in [0.1, 0.15) is 25.7 Å². The van der Waals surface area contributed by atoms with E-state index in [1.165, 1.54) is 0 Å². The Morgan fingerprint density at radius 3 is 2.90 bits per heavy atom. The number of amides is 1. The van der Waals surface area contributed by atoms with Gasteiger partial charge in [-0.25, -0.2) is 0 Å². The molecule has 1 aliphatic rings. The first kappa shape index (κ1) is 16.4. The van der Waals surface area contributed by atoms with E-state index in [-0.39, 0.29) is 11.9 Å². The molecule has 0 aromatic heterocycles. The van der Waals surface area contributed by atoms with E-state index in [2.05, 4.69) is 0 Å². The number of nitrogens with zero attached hydrogens (tertiary/aromatic N) is 1. The van der Waals surface area contributed by atoms with Gasteiger partial charge in [-0.3, -0.25) is 4.79 Å². The Kier molecular flexibility index (Phi) is 6.15. The largest absolute Gasteiger partial charge is 0.491 e. The maximum atomic E-state index is 12.2. The van der Waals surface area contributed by atoms with E-state index in [1.54, 1.807) is 18.2 Å². The summed E-state index contributed by atoms with van der Waals surface area (Å²) in [5.41, 5.74) is 5.73. The molecular weight excluding hydrogens is 311 g/mol. The Labute approximate surface area is 135 Å². The molecule has 4 nitrogen and oxygen atoms in total. The van der Waals surface area contributed by atoms with Crippen LogP contribution in [0.25, 0.3) is 0 Å². The molecule has 1 heterocycles. The van der Waals surface area contributed by atoms with Crippen molar-refractivity contribution >= 4 is 29.1 Å². The molecule has 2 N–H and O–H groups in total. The van der Waals surface area contributed by atoms with Crippen molar-refractivity contribution in [3.8, 4) is 5.75 Å². The van der Waals surface area contributed by atoms with Gasteiger partial charge in [0.25, 0.3) is 0 Å². The molecule has 0 aliphatic carbocycles. The highest BCUT2D eigenvalue weighted by Gasteiger charge is 2.25. The van der Waals surface area contributed by atoms with E-state index in [4.69, 9.17) is 33.7 Å². The molecule has 1 aromatic rings. The van der Waals surface area contributed by atoms with Crippen LogP contribution in [0, 0.1) is 0 Å². The van der Waals surface area contributed by atoms with Gasteiger partial charge >= 0.3 is 0 Å². The third-order valence-corrected chi connectivity index (χ3v) is 4.22. The molecule has 1 aromatic carbocycles. The lowest BCUT2D eigenvalue weighted by Crippen LogP contribution is -2.47. The average Bonchev–Trinajstić information content (AvgIpc) is 2.49. The quantitative estimate of drug-likeness (QED) is 0.902. The van der Waals surface area contributed by atoms with Crippen molar-refractivity contribution in [2.75, 3.05) is 19.7 Å². The number of benzene rings is 1. The standard InChI is InChI=1S/C15H20Cl2N2O2/c16-11-4-5-14(13(17)9-11)21-8-6-15(20)19-7-2-1-3-12(19)10-18/h4-5,9,12H,1-3,6-8,10,18H2. The van der Waals surface area contributed by atoms with E-state index in [0.29, 0.717) is 35.4 Å². The third-order valence-electron chi connectivity index (χ3n) is 3.69. The first-order valence-corrected chi connectivity index (χ1v) is 7.95. The highest BCUT2D eigenvalue weighted by Crippen LogP contribution is 2.27. The van der Waals surface area contributed by atoms with Gasteiger partial charge in [-0.05, 0) is 37.5 Å². The normalized spacial score (nSPS) is 18.6. The van der Waals surface area contributed by atoms with Crippen molar-refractivity contribution in [3.63, 3.8) is 0 Å². The van der Waals surface area contributed by atoms with E-state index in [0.717, 1.165) is 25.8 Å². The number of carbonyl (C=O) groups excluding carboxylic acids is 1. The number of halogens is 2. The van der Waals surface area contributed by atoms with Crippen LogP contribution < -0.4 is 10.5 Å². The minimum absolute atomic E-state index is 0.0928. The molecule has 1 fully saturated rings. The third kappa shape index (κ3) is 4.50. The summed E-state index contributed by atoms with van der Waals surface area (Å²) in [6, 6.07) is 5.21. The second kappa shape index (κ2) is 7.87. The van der Waals surface area contributed by atoms with Crippen molar-refractivity contribution < 1.29 is 9.53 Å². The smallest absolute Gasteiger partial charge is 0.226 e. The van der Waals surface area contributed by atoms with Gasteiger partial charge in [0.15, 0.2) is 0 Å². The van der Waals surface area contributed by atoms with E-state index in [1.807, 2.05) is 4.90 Å². The van der Waals surface area contributed by atoms with E-state index >= 15 is 0 Å².